The van der Waals surface area contributed by atoms with Gasteiger partial charge in [-0.3, -0.25) is 4.90 Å². The van der Waals surface area contributed by atoms with Gasteiger partial charge in [-0.05, 0) is 51.2 Å². The molecule has 0 aromatic heterocycles. The van der Waals surface area contributed by atoms with Gasteiger partial charge in [0.1, 0.15) is 0 Å². The lowest BCUT2D eigenvalue weighted by Gasteiger charge is -2.36. The predicted molar refractivity (Wildman–Crippen MR) is 90.3 cm³/mol. The summed E-state index contributed by atoms with van der Waals surface area (Å²) in [5.41, 5.74) is 1.07. The van der Waals surface area contributed by atoms with Crippen molar-refractivity contribution in [3.05, 3.63) is 34.9 Å². The molecule has 0 aliphatic carbocycles. The second kappa shape index (κ2) is 8.85. The molecule has 2 rings (SSSR count). The highest BCUT2D eigenvalue weighted by Crippen LogP contribution is 2.14. The van der Waals surface area contributed by atoms with Crippen LogP contribution in [-0.2, 0) is 11.3 Å². The number of nitrogens with zero attached hydrogens (tertiary/aromatic N) is 2. The van der Waals surface area contributed by atoms with E-state index in [-0.39, 0.29) is 0 Å². The van der Waals surface area contributed by atoms with Gasteiger partial charge in [-0.1, -0.05) is 23.7 Å². The van der Waals surface area contributed by atoms with E-state index in [2.05, 4.69) is 23.9 Å². The van der Waals surface area contributed by atoms with Crippen molar-refractivity contribution < 1.29 is 9.84 Å². The highest BCUT2D eigenvalue weighted by molar-refractivity contribution is 6.30. The smallest absolute Gasteiger partial charge is 0.0900 e. The van der Waals surface area contributed by atoms with Crippen LogP contribution >= 0.6 is 11.6 Å². The Hall–Kier alpha value is -0.650. The lowest BCUT2D eigenvalue weighted by molar-refractivity contribution is 0.00103. The van der Waals surface area contributed by atoms with Crippen molar-refractivity contribution in [1.29, 1.82) is 0 Å². The Balaban J connectivity index is 1.67. The molecule has 1 heterocycles. The van der Waals surface area contributed by atoms with Gasteiger partial charge in [-0.2, -0.15) is 0 Å². The first-order valence-corrected chi connectivity index (χ1v) is 8.31. The Labute approximate surface area is 138 Å². The normalized spacial score (nSPS) is 21.2. The monoisotopic (exact) mass is 326 g/mol. The van der Waals surface area contributed by atoms with Crippen LogP contribution in [-0.4, -0.2) is 67.4 Å². The summed E-state index contributed by atoms with van der Waals surface area (Å²) in [5, 5.41) is 10.9. The van der Waals surface area contributed by atoms with E-state index in [1.807, 2.05) is 24.3 Å². The number of ether oxygens (including phenoxy) is 1. The second-order valence-corrected chi connectivity index (χ2v) is 6.75. The van der Waals surface area contributed by atoms with E-state index in [1.165, 1.54) is 12.8 Å². The maximum absolute atomic E-state index is 10.1. The zero-order valence-electron chi connectivity index (χ0n) is 13.5. The second-order valence-electron chi connectivity index (χ2n) is 6.31. The third-order valence-electron chi connectivity index (χ3n) is 4.17. The number of aliphatic hydroxyl groups excluding tert-OH is 1. The van der Waals surface area contributed by atoms with E-state index in [1.54, 1.807) is 0 Å². The lowest BCUT2D eigenvalue weighted by atomic mass is 10.0. The number of β-amino-alcohol motifs (C(OH)–C–C–N with tert-alkyl or cyclic N) is 1. The van der Waals surface area contributed by atoms with E-state index in [0.717, 1.165) is 23.7 Å². The topological polar surface area (TPSA) is 35.9 Å². The van der Waals surface area contributed by atoms with Gasteiger partial charge in [0.25, 0.3) is 0 Å². The Bertz CT molecular complexity index is 439. The van der Waals surface area contributed by atoms with Crippen LogP contribution in [0, 0.1) is 0 Å². The summed E-state index contributed by atoms with van der Waals surface area (Å²) in [6, 6.07) is 8.19. The summed E-state index contributed by atoms with van der Waals surface area (Å²) in [4.78, 5) is 4.61. The molecule has 1 aromatic carbocycles. The molecule has 0 spiro atoms. The van der Waals surface area contributed by atoms with Crippen molar-refractivity contribution in [2.24, 2.45) is 0 Å². The minimum absolute atomic E-state index is 0.367. The van der Waals surface area contributed by atoms with Gasteiger partial charge in [-0.15, -0.1) is 0 Å². The molecular weight excluding hydrogens is 300 g/mol. The number of hydrogen-bond acceptors (Lipinski definition) is 4. The summed E-state index contributed by atoms with van der Waals surface area (Å²) in [6.45, 7) is 3.66. The maximum Gasteiger partial charge on any atom is 0.0900 e. The molecule has 0 radical (unpaired) electrons. The summed E-state index contributed by atoms with van der Waals surface area (Å²) in [5.74, 6) is 0. The predicted octanol–water partition coefficient (Wildman–Crippen LogP) is 2.24. The first-order chi connectivity index (χ1) is 10.5. The van der Waals surface area contributed by atoms with Crippen molar-refractivity contribution in [1.82, 2.24) is 9.80 Å². The first kappa shape index (κ1) is 17.7. The molecule has 1 N–H and O–H groups in total. The highest BCUT2D eigenvalue weighted by Gasteiger charge is 2.22. The van der Waals surface area contributed by atoms with Crippen LogP contribution in [0.4, 0.5) is 0 Å². The summed E-state index contributed by atoms with van der Waals surface area (Å²) >= 11 is 5.85. The number of piperidine rings is 1. The lowest BCUT2D eigenvalue weighted by Crippen LogP contribution is -2.47. The number of hydrogen-bond donors (Lipinski definition) is 1. The fourth-order valence-corrected chi connectivity index (χ4v) is 2.99. The fraction of sp³-hybridized carbons (Fsp3) is 0.647. The van der Waals surface area contributed by atoms with Crippen LogP contribution < -0.4 is 0 Å². The summed E-state index contributed by atoms with van der Waals surface area (Å²) in [6.07, 6.45) is 2.00. The first-order valence-electron chi connectivity index (χ1n) is 7.93. The number of benzene rings is 1. The molecular formula is C17H27ClN2O2. The molecule has 1 fully saturated rings. The molecule has 1 saturated heterocycles. The molecule has 2 atom stereocenters. The van der Waals surface area contributed by atoms with Gasteiger partial charge in [0.15, 0.2) is 0 Å². The zero-order valence-corrected chi connectivity index (χ0v) is 14.3. The maximum atomic E-state index is 10.1. The van der Waals surface area contributed by atoms with Crippen LogP contribution in [0.15, 0.2) is 24.3 Å². The molecule has 1 aromatic rings. The molecule has 124 valence electrons. The van der Waals surface area contributed by atoms with E-state index in [9.17, 15) is 5.11 Å². The molecule has 4 nitrogen and oxygen atoms in total. The van der Waals surface area contributed by atoms with Gasteiger partial charge in [-0.25, -0.2) is 0 Å². The number of aliphatic hydroxyl groups is 1. The third-order valence-corrected chi connectivity index (χ3v) is 4.42. The van der Waals surface area contributed by atoms with Crippen molar-refractivity contribution >= 4 is 11.6 Å². The summed E-state index contributed by atoms with van der Waals surface area (Å²) in [7, 11) is 4.25. The molecule has 1 aliphatic rings. The Morgan fingerprint density at radius 3 is 2.77 bits per heavy atom. The average molecular weight is 327 g/mol. The Kier molecular flexibility index (Phi) is 7.12. The minimum Gasteiger partial charge on any atom is -0.389 e. The standard InChI is InChI=1S/C17H27ClN2O2/c1-19(2)16-4-3-9-20(10-16)11-17(21)13-22-12-14-5-7-15(18)8-6-14/h5-8,16-17,21H,3-4,9-13H2,1-2H3. The Morgan fingerprint density at radius 2 is 2.09 bits per heavy atom. The molecule has 2 unspecified atom stereocenters. The SMILES string of the molecule is CN(C)C1CCCN(CC(O)COCc2ccc(Cl)cc2)C1. The zero-order chi connectivity index (χ0) is 15.9. The largest absolute Gasteiger partial charge is 0.389 e. The molecule has 0 amide bonds. The van der Waals surface area contributed by atoms with Gasteiger partial charge in [0.2, 0.25) is 0 Å². The molecule has 0 bridgehead atoms. The van der Waals surface area contributed by atoms with Gasteiger partial charge < -0.3 is 14.7 Å². The molecule has 0 saturated carbocycles. The highest BCUT2D eigenvalue weighted by atomic mass is 35.5. The van der Waals surface area contributed by atoms with Crippen LogP contribution in [0.25, 0.3) is 0 Å². The van der Waals surface area contributed by atoms with E-state index < -0.39 is 6.10 Å². The van der Waals surface area contributed by atoms with Gasteiger partial charge >= 0.3 is 0 Å². The third kappa shape index (κ3) is 5.86. The number of likely N-dealkylation sites (tertiary alicyclic amines) is 1. The minimum atomic E-state index is -0.437. The van der Waals surface area contributed by atoms with Crippen molar-refractivity contribution in [2.75, 3.05) is 40.3 Å². The molecule has 5 heteroatoms. The van der Waals surface area contributed by atoms with E-state index >= 15 is 0 Å². The van der Waals surface area contributed by atoms with Gasteiger partial charge in [0, 0.05) is 24.2 Å². The number of likely N-dealkylation sites (N-methyl/N-ethyl adjacent to an activating group) is 1. The average Bonchev–Trinajstić information content (AvgIpc) is 2.49. The quantitative estimate of drug-likeness (QED) is 0.833. The van der Waals surface area contributed by atoms with Crippen molar-refractivity contribution in [3.8, 4) is 0 Å². The van der Waals surface area contributed by atoms with Gasteiger partial charge in [0.05, 0.1) is 19.3 Å². The van der Waals surface area contributed by atoms with E-state index in [4.69, 9.17) is 16.3 Å². The van der Waals surface area contributed by atoms with Crippen LogP contribution in [0.2, 0.25) is 5.02 Å². The summed E-state index contributed by atoms with van der Waals surface area (Å²) < 4.78 is 5.61. The van der Waals surface area contributed by atoms with Crippen LogP contribution in [0.5, 0.6) is 0 Å². The number of halogens is 1. The fourth-order valence-electron chi connectivity index (χ4n) is 2.86. The van der Waals surface area contributed by atoms with E-state index in [0.29, 0.717) is 25.8 Å². The molecule has 22 heavy (non-hydrogen) atoms. The van der Waals surface area contributed by atoms with Crippen LogP contribution in [0.1, 0.15) is 18.4 Å². The Morgan fingerprint density at radius 1 is 1.36 bits per heavy atom. The number of rotatable bonds is 7. The molecule has 1 aliphatic heterocycles. The van der Waals surface area contributed by atoms with Crippen LogP contribution in [0.3, 0.4) is 0 Å². The van der Waals surface area contributed by atoms with Crippen molar-refractivity contribution in [3.63, 3.8) is 0 Å². The van der Waals surface area contributed by atoms with Crippen molar-refractivity contribution in [2.45, 2.75) is 31.6 Å².